The van der Waals surface area contributed by atoms with E-state index in [-0.39, 0.29) is 11.7 Å². The summed E-state index contributed by atoms with van der Waals surface area (Å²) in [6.07, 6.45) is 5.34. The lowest BCUT2D eigenvalue weighted by Crippen LogP contribution is -2.26. The van der Waals surface area contributed by atoms with E-state index in [0.29, 0.717) is 10.9 Å². The van der Waals surface area contributed by atoms with Gasteiger partial charge in [-0.25, -0.2) is 4.39 Å². The van der Waals surface area contributed by atoms with Crippen molar-refractivity contribution >= 4 is 23.1 Å². The van der Waals surface area contributed by atoms with Crippen LogP contribution >= 0.6 is 11.8 Å². The Morgan fingerprint density at radius 2 is 2.28 bits per heavy atom. The van der Waals surface area contributed by atoms with Crippen molar-refractivity contribution in [3.05, 3.63) is 34.1 Å². The Morgan fingerprint density at radius 3 is 2.89 bits per heavy atom. The second kappa shape index (κ2) is 5.56. The van der Waals surface area contributed by atoms with Crippen LogP contribution in [-0.4, -0.2) is 22.5 Å². The van der Waals surface area contributed by atoms with Crippen molar-refractivity contribution in [2.75, 3.05) is 11.6 Å². The number of thioether (sulfide) groups is 1. The van der Waals surface area contributed by atoms with E-state index in [0.717, 1.165) is 25.3 Å². The third-order valence-corrected chi connectivity index (χ3v) is 4.43. The molecule has 0 aliphatic heterocycles. The van der Waals surface area contributed by atoms with Crippen LogP contribution in [0, 0.1) is 15.9 Å². The predicted octanol–water partition coefficient (Wildman–Crippen LogP) is 3.43. The Morgan fingerprint density at radius 1 is 1.50 bits per heavy atom. The van der Waals surface area contributed by atoms with Gasteiger partial charge in [-0.3, -0.25) is 10.1 Å². The maximum atomic E-state index is 13.7. The molecule has 1 aromatic rings. The van der Waals surface area contributed by atoms with Crippen molar-refractivity contribution < 1.29 is 9.31 Å². The molecule has 1 aliphatic rings. The summed E-state index contributed by atoms with van der Waals surface area (Å²) < 4.78 is 13.7. The van der Waals surface area contributed by atoms with E-state index >= 15 is 0 Å². The van der Waals surface area contributed by atoms with Crippen molar-refractivity contribution in [2.24, 2.45) is 0 Å². The smallest absolute Gasteiger partial charge is 0.272 e. The summed E-state index contributed by atoms with van der Waals surface area (Å²) in [6.45, 7) is 0. The second-order valence-electron chi connectivity index (χ2n) is 4.38. The first-order chi connectivity index (χ1) is 8.61. The highest BCUT2D eigenvalue weighted by molar-refractivity contribution is 7.99. The monoisotopic (exact) mass is 270 g/mol. The summed E-state index contributed by atoms with van der Waals surface area (Å²) in [5.41, 5.74) is 0.137. The molecule has 2 rings (SSSR count). The number of hydrogen-bond donors (Lipinski definition) is 1. The summed E-state index contributed by atoms with van der Waals surface area (Å²) in [4.78, 5) is 9.93. The number of halogens is 1. The zero-order chi connectivity index (χ0) is 13.1. The molecular formula is C12H15FN2O2S. The first kappa shape index (κ1) is 13.1. The standard InChI is InChI=1S/C12H15FN2O2S/c1-18-12-4-2-3-11(12)14-10-6-5-8(15(16)17)7-9(10)13/h5-7,11-12,14H,2-4H2,1H3. The van der Waals surface area contributed by atoms with E-state index in [2.05, 4.69) is 11.6 Å². The first-order valence-electron chi connectivity index (χ1n) is 5.85. The van der Waals surface area contributed by atoms with Crippen molar-refractivity contribution in [3.8, 4) is 0 Å². The van der Waals surface area contributed by atoms with Gasteiger partial charge in [0.05, 0.1) is 16.7 Å². The highest BCUT2D eigenvalue weighted by Crippen LogP contribution is 2.32. The SMILES string of the molecule is CSC1CCCC1Nc1ccc([N+](=O)[O-])cc1F. The summed E-state index contributed by atoms with van der Waals surface area (Å²) in [7, 11) is 0. The first-order valence-corrected chi connectivity index (χ1v) is 7.14. The van der Waals surface area contributed by atoms with Gasteiger partial charge in [0.1, 0.15) is 0 Å². The van der Waals surface area contributed by atoms with E-state index in [1.165, 1.54) is 12.1 Å². The van der Waals surface area contributed by atoms with Crippen molar-refractivity contribution in [2.45, 2.75) is 30.6 Å². The Bertz CT molecular complexity index is 456. The quantitative estimate of drug-likeness (QED) is 0.672. The fourth-order valence-electron chi connectivity index (χ4n) is 2.31. The average Bonchev–Trinajstić information content (AvgIpc) is 2.78. The maximum Gasteiger partial charge on any atom is 0.272 e. The third kappa shape index (κ3) is 2.75. The summed E-state index contributed by atoms with van der Waals surface area (Å²) in [5.74, 6) is -0.559. The molecule has 6 heteroatoms. The van der Waals surface area contributed by atoms with Crippen LogP contribution in [0.4, 0.5) is 15.8 Å². The van der Waals surface area contributed by atoms with E-state index in [1.54, 1.807) is 11.8 Å². The molecule has 2 unspecified atom stereocenters. The van der Waals surface area contributed by atoms with E-state index in [9.17, 15) is 14.5 Å². The van der Waals surface area contributed by atoms with Crippen LogP contribution in [0.15, 0.2) is 18.2 Å². The molecule has 0 saturated heterocycles. The molecule has 4 nitrogen and oxygen atoms in total. The van der Waals surface area contributed by atoms with Gasteiger partial charge < -0.3 is 5.32 Å². The minimum absolute atomic E-state index is 0.217. The molecule has 0 spiro atoms. The van der Waals surface area contributed by atoms with Gasteiger partial charge in [0, 0.05) is 17.4 Å². The number of nitro groups is 1. The van der Waals surface area contributed by atoms with Crippen molar-refractivity contribution in [1.29, 1.82) is 0 Å². The second-order valence-corrected chi connectivity index (χ2v) is 5.45. The Balaban J connectivity index is 2.12. The molecule has 1 aromatic carbocycles. The topological polar surface area (TPSA) is 55.2 Å². The lowest BCUT2D eigenvalue weighted by Gasteiger charge is -2.20. The Kier molecular flexibility index (Phi) is 4.06. The highest BCUT2D eigenvalue weighted by Gasteiger charge is 2.27. The normalized spacial score (nSPS) is 23.0. The summed E-state index contributed by atoms with van der Waals surface area (Å²) >= 11 is 1.78. The Labute approximate surface area is 109 Å². The molecule has 2 atom stereocenters. The molecule has 0 amide bonds. The Hall–Kier alpha value is -1.30. The minimum atomic E-state index is -0.590. The predicted molar refractivity (Wildman–Crippen MR) is 71.6 cm³/mol. The number of rotatable bonds is 4. The highest BCUT2D eigenvalue weighted by atomic mass is 32.2. The average molecular weight is 270 g/mol. The lowest BCUT2D eigenvalue weighted by molar-refractivity contribution is -0.385. The fourth-order valence-corrected chi connectivity index (χ4v) is 3.24. The van der Waals surface area contributed by atoms with Gasteiger partial charge >= 0.3 is 0 Å². The van der Waals surface area contributed by atoms with Crippen LogP contribution < -0.4 is 5.32 Å². The van der Waals surface area contributed by atoms with E-state index < -0.39 is 10.7 Å². The van der Waals surface area contributed by atoms with Crippen LogP contribution in [0.25, 0.3) is 0 Å². The fraction of sp³-hybridized carbons (Fsp3) is 0.500. The largest absolute Gasteiger partial charge is 0.379 e. The molecule has 0 radical (unpaired) electrons. The van der Waals surface area contributed by atoms with E-state index in [1.807, 2.05) is 0 Å². The van der Waals surface area contributed by atoms with Gasteiger partial charge in [0.15, 0.2) is 5.82 Å². The van der Waals surface area contributed by atoms with E-state index in [4.69, 9.17) is 0 Å². The van der Waals surface area contributed by atoms with Gasteiger partial charge in [-0.05, 0) is 25.2 Å². The van der Waals surface area contributed by atoms with Crippen molar-refractivity contribution in [1.82, 2.24) is 0 Å². The zero-order valence-electron chi connectivity index (χ0n) is 10.1. The molecule has 1 saturated carbocycles. The molecule has 18 heavy (non-hydrogen) atoms. The van der Waals surface area contributed by atoms with Crippen LogP contribution in [0.2, 0.25) is 0 Å². The number of benzene rings is 1. The molecule has 0 bridgehead atoms. The van der Waals surface area contributed by atoms with Gasteiger partial charge in [0.25, 0.3) is 5.69 Å². The minimum Gasteiger partial charge on any atom is -0.379 e. The summed E-state index contributed by atoms with van der Waals surface area (Å²) in [5, 5.41) is 14.2. The van der Waals surface area contributed by atoms with Gasteiger partial charge in [-0.1, -0.05) is 6.42 Å². The molecule has 1 aliphatic carbocycles. The van der Waals surface area contributed by atoms with Crippen LogP contribution in [0.1, 0.15) is 19.3 Å². The van der Waals surface area contributed by atoms with Gasteiger partial charge in [-0.15, -0.1) is 0 Å². The molecule has 1 fully saturated rings. The molecule has 1 N–H and O–H groups in total. The molecule has 0 aromatic heterocycles. The van der Waals surface area contributed by atoms with Gasteiger partial charge in [0.2, 0.25) is 0 Å². The van der Waals surface area contributed by atoms with Crippen LogP contribution in [0.5, 0.6) is 0 Å². The maximum absolute atomic E-state index is 13.7. The van der Waals surface area contributed by atoms with Crippen LogP contribution in [-0.2, 0) is 0 Å². The number of nitrogens with zero attached hydrogens (tertiary/aromatic N) is 1. The summed E-state index contributed by atoms with van der Waals surface area (Å²) in [6, 6.07) is 3.99. The molecule has 98 valence electrons. The number of nitrogens with one attached hydrogen (secondary N) is 1. The van der Waals surface area contributed by atoms with Crippen molar-refractivity contribution in [3.63, 3.8) is 0 Å². The van der Waals surface area contributed by atoms with Gasteiger partial charge in [-0.2, -0.15) is 11.8 Å². The number of anilines is 1. The number of non-ortho nitro benzene ring substituents is 1. The van der Waals surface area contributed by atoms with Crippen LogP contribution in [0.3, 0.4) is 0 Å². The third-order valence-electron chi connectivity index (χ3n) is 3.26. The molecular weight excluding hydrogens is 255 g/mol. The lowest BCUT2D eigenvalue weighted by atomic mass is 10.2. The zero-order valence-corrected chi connectivity index (χ0v) is 10.9. The number of nitro benzene ring substituents is 1. The number of hydrogen-bond acceptors (Lipinski definition) is 4. The molecule has 0 heterocycles.